The van der Waals surface area contributed by atoms with Crippen molar-refractivity contribution in [3.05, 3.63) is 28.2 Å². The van der Waals surface area contributed by atoms with Gasteiger partial charge in [0.15, 0.2) is 0 Å². The van der Waals surface area contributed by atoms with Crippen molar-refractivity contribution in [2.24, 2.45) is 5.73 Å². The van der Waals surface area contributed by atoms with Crippen LogP contribution in [-0.2, 0) is 9.84 Å². The molecule has 0 aliphatic heterocycles. The Morgan fingerprint density at radius 1 is 1.56 bits per heavy atom. The van der Waals surface area contributed by atoms with E-state index in [1.54, 1.807) is 6.07 Å². The predicted molar refractivity (Wildman–Crippen MR) is 82.8 cm³/mol. The summed E-state index contributed by atoms with van der Waals surface area (Å²) in [6.07, 6.45) is 1.22. The molecule has 1 aromatic rings. The third kappa shape index (κ3) is 4.91. The van der Waals surface area contributed by atoms with Gasteiger partial charge in [0.05, 0.1) is 5.75 Å². The fourth-order valence-corrected chi connectivity index (χ4v) is 3.48. The molecular weight excluding hydrogens is 336 g/mol. The second-order valence-electron chi connectivity index (χ2n) is 4.20. The van der Waals surface area contributed by atoms with Gasteiger partial charge < -0.3 is 11.1 Å². The summed E-state index contributed by atoms with van der Waals surface area (Å²) < 4.78 is 23.1. The normalized spacial score (nSPS) is 13.1. The van der Waals surface area contributed by atoms with Crippen LogP contribution in [0.15, 0.2) is 22.7 Å². The number of thiocarbonyl (C=S) groups is 1. The summed E-state index contributed by atoms with van der Waals surface area (Å²) in [6.45, 7) is 1.82. The van der Waals surface area contributed by atoms with Crippen LogP contribution >= 0.6 is 28.1 Å². The highest BCUT2D eigenvalue weighted by molar-refractivity contribution is 9.10. The minimum Gasteiger partial charge on any atom is -0.389 e. The Kier molecular flexibility index (Phi) is 5.12. The van der Waals surface area contributed by atoms with Crippen LogP contribution in [-0.4, -0.2) is 31.5 Å². The topological polar surface area (TPSA) is 72.2 Å². The van der Waals surface area contributed by atoms with Gasteiger partial charge in [0.25, 0.3) is 0 Å². The molecule has 18 heavy (non-hydrogen) atoms. The molecule has 1 rings (SSSR count). The maximum absolute atomic E-state index is 11.2. The van der Waals surface area contributed by atoms with E-state index in [9.17, 15) is 8.42 Å². The highest BCUT2D eigenvalue weighted by Crippen LogP contribution is 2.22. The summed E-state index contributed by atoms with van der Waals surface area (Å²) in [5.41, 5.74) is 7.12. The van der Waals surface area contributed by atoms with Crippen molar-refractivity contribution < 1.29 is 8.42 Å². The Bertz CT molecular complexity index is 558. The molecule has 4 nitrogen and oxygen atoms in total. The Balaban J connectivity index is 2.81. The molecule has 0 aliphatic rings. The lowest BCUT2D eigenvalue weighted by molar-refractivity contribution is 0.598. The van der Waals surface area contributed by atoms with Gasteiger partial charge >= 0.3 is 0 Å². The monoisotopic (exact) mass is 350 g/mol. The first-order valence-corrected chi connectivity index (χ1v) is 8.49. The quantitative estimate of drug-likeness (QED) is 0.793. The van der Waals surface area contributed by atoms with Crippen LogP contribution in [0.5, 0.6) is 0 Å². The summed E-state index contributed by atoms with van der Waals surface area (Å²) >= 11 is 8.27. The highest BCUT2D eigenvalue weighted by atomic mass is 79.9. The van der Waals surface area contributed by atoms with Gasteiger partial charge in [-0.05, 0) is 41.1 Å². The van der Waals surface area contributed by atoms with Crippen LogP contribution in [0.4, 0.5) is 5.69 Å². The van der Waals surface area contributed by atoms with E-state index in [0.29, 0.717) is 4.99 Å². The molecule has 0 amide bonds. The summed E-state index contributed by atoms with van der Waals surface area (Å²) in [5.74, 6) is 0.0850. The van der Waals surface area contributed by atoms with Gasteiger partial charge in [-0.2, -0.15) is 0 Å². The molecular formula is C11H15BrN2O2S2. The van der Waals surface area contributed by atoms with E-state index in [2.05, 4.69) is 21.2 Å². The zero-order valence-electron chi connectivity index (χ0n) is 10.1. The van der Waals surface area contributed by atoms with E-state index in [-0.39, 0.29) is 11.8 Å². The summed E-state index contributed by atoms with van der Waals surface area (Å²) in [4.78, 5) is 0.317. The minimum absolute atomic E-state index is 0.0850. The lowest BCUT2D eigenvalue weighted by Crippen LogP contribution is -2.25. The Labute approximate surface area is 121 Å². The molecule has 100 valence electrons. The van der Waals surface area contributed by atoms with Crippen molar-refractivity contribution in [2.45, 2.75) is 13.0 Å². The average Bonchev–Trinajstić information content (AvgIpc) is 2.13. The third-order valence-corrected chi connectivity index (χ3v) is 4.18. The molecule has 0 saturated heterocycles. The molecule has 0 aliphatic carbocycles. The summed E-state index contributed by atoms with van der Waals surface area (Å²) in [7, 11) is -2.99. The minimum atomic E-state index is -2.99. The highest BCUT2D eigenvalue weighted by Gasteiger charge is 2.11. The van der Waals surface area contributed by atoms with Gasteiger partial charge in [-0.1, -0.05) is 12.2 Å². The van der Waals surface area contributed by atoms with E-state index < -0.39 is 9.84 Å². The number of anilines is 1. The van der Waals surface area contributed by atoms with Crippen LogP contribution in [0.1, 0.15) is 12.5 Å². The van der Waals surface area contributed by atoms with Crippen LogP contribution in [0.2, 0.25) is 0 Å². The second-order valence-corrected chi connectivity index (χ2v) is 7.68. The van der Waals surface area contributed by atoms with E-state index >= 15 is 0 Å². The SMILES string of the molecule is CC(CS(C)(=O)=O)Nc1ccc(C(N)=S)c(Br)c1. The van der Waals surface area contributed by atoms with Gasteiger partial charge in [0, 0.05) is 28.0 Å². The number of hydrogen-bond donors (Lipinski definition) is 2. The number of rotatable bonds is 5. The Morgan fingerprint density at radius 2 is 2.17 bits per heavy atom. The zero-order chi connectivity index (χ0) is 13.9. The van der Waals surface area contributed by atoms with Gasteiger partial charge in [-0.15, -0.1) is 0 Å². The largest absolute Gasteiger partial charge is 0.389 e. The zero-order valence-corrected chi connectivity index (χ0v) is 13.3. The average molecular weight is 351 g/mol. The maximum Gasteiger partial charge on any atom is 0.149 e. The number of sulfone groups is 1. The summed E-state index contributed by atoms with van der Waals surface area (Å²) in [5, 5.41) is 3.11. The molecule has 0 aromatic heterocycles. The van der Waals surface area contributed by atoms with Gasteiger partial charge in [0.1, 0.15) is 14.8 Å². The van der Waals surface area contributed by atoms with Gasteiger partial charge in [-0.25, -0.2) is 8.42 Å². The van der Waals surface area contributed by atoms with E-state index in [4.69, 9.17) is 18.0 Å². The van der Waals surface area contributed by atoms with Crippen LogP contribution < -0.4 is 11.1 Å². The number of nitrogens with one attached hydrogen (secondary N) is 1. The third-order valence-electron chi connectivity index (χ3n) is 2.20. The van der Waals surface area contributed by atoms with Crippen molar-refractivity contribution in [1.82, 2.24) is 0 Å². The first-order valence-electron chi connectivity index (χ1n) is 5.22. The molecule has 1 aromatic carbocycles. The van der Waals surface area contributed by atoms with E-state index in [1.165, 1.54) is 6.26 Å². The molecule has 0 spiro atoms. The van der Waals surface area contributed by atoms with E-state index in [0.717, 1.165) is 15.7 Å². The first-order chi connectivity index (χ1) is 8.19. The lowest BCUT2D eigenvalue weighted by atomic mass is 10.2. The number of nitrogens with two attached hydrogens (primary N) is 1. The van der Waals surface area contributed by atoms with Crippen molar-refractivity contribution >= 4 is 48.7 Å². The van der Waals surface area contributed by atoms with Crippen molar-refractivity contribution in [3.8, 4) is 0 Å². The maximum atomic E-state index is 11.2. The molecule has 0 bridgehead atoms. The fraction of sp³-hybridized carbons (Fsp3) is 0.364. The molecule has 0 saturated carbocycles. The molecule has 0 heterocycles. The summed E-state index contributed by atoms with van der Waals surface area (Å²) in [6, 6.07) is 5.27. The Morgan fingerprint density at radius 3 is 2.61 bits per heavy atom. The molecule has 7 heteroatoms. The van der Waals surface area contributed by atoms with Crippen molar-refractivity contribution in [1.29, 1.82) is 0 Å². The number of benzene rings is 1. The van der Waals surface area contributed by atoms with Crippen LogP contribution in [0.25, 0.3) is 0 Å². The standard InChI is InChI=1S/C11H15BrN2O2S2/c1-7(6-18(2,15)16)14-8-3-4-9(11(13)17)10(12)5-8/h3-5,7,14H,6H2,1-2H3,(H2,13,17). The number of halogens is 1. The molecule has 0 radical (unpaired) electrons. The van der Waals surface area contributed by atoms with Crippen LogP contribution in [0, 0.1) is 0 Å². The smallest absolute Gasteiger partial charge is 0.149 e. The molecule has 3 N–H and O–H groups in total. The number of hydrogen-bond acceptors (Lipinski definition) is 4. The molecule has 0 fully saturated rings. The fourth-order valence-electron chi connectivity index (χ4n) is 1.59. The van der Waals surface area contributed by atoms with Crippen LogP contribution in [0.3, 0.4) is 0 Å². The van der Waals surface area contributed by atoms with Gasteiger partial charge in [-0.3, -0.25) is 0 Å². The molecule has 1 unspecified atom stereocenters. The van der Waals surface area contributed by atoms with Gasteiger partial charge in [0.2, 0.25) is 0 Å². The molecule has 1 atom stereocenters. The lowest BCUT2D eigenvalue weighted by Gasteiger charge is -2.15. The first kappa shape index (κ1) is 15.4. The van der Waals surface area contributed by atoms with Crippen molar-refractivity contribution in [3.63, 3.8) is 0 Å². The van der Waals surface area contributed by atoms with Crippen molar-refractivity contribution in [2.75, 3.05) is 17.3 Å². The second kappa shape index (κ2) is 5.99. The Hall–Kier alpha value is -0.660. The van der Waals surface area contributed by atoms with E-state index in [1.807, 2.05) is 19.1 Å². The predicted octanol–water partition coefficient (Wildman–Crippen LogP) is 1.93.